The zero-order valence-electron chi connectivity index (χ0n) is 14.1. The maximum absolute atomic E-state index is 12.3. The molecule has 6 heteroatoms. The summed E-state index contributed by atoms with van der Waals surface area (Å²) in [5, 5.41) is 0.593. The van der Waals surface area contributed by atoms with E-state index in [9.17, 15) is 4.79 Å². The first-order valence-corrected chi connectivity index (χ1v) is 8.47. The van der Waals surface area contributed by atoms with Crippen LogP contribution in [0, 0.1) is 6.92 Å². The summed E-state index contributed by atoms with van der Waals surface area (Å²) in [6.45, 7) is 3.36. The Morgan fingerprint density at radius 1 is 1.25 bits per heavy atom. The standard InChI is InChI=1S/C18H22N2O4/c1-12-9-15-14(17(21)20(2)11-19-15)10-16(12)24-13-3-5-18(6-4-13)22-7-8-23-18/h9-11,13H,3-8H2,1-2H3. The first-order chi connectivity index (χ1) is 11.6. The predicted molar refractivity (Wildman–Crippen MR) is 89.2 cm³/mol. The Kier molecular flexibility index (Phi) is 3.81. The third-order valence-electron chi connectivity index (χ3n) is 5.02. The predicted octanol–water partition coefficient (Wildman–Crippen LogP) is 2.31. The molecule has 1 aliphatic carbocycles. The average molecular weight is 330 g/mol. The monoisotopic (exact) mass is 330 g/mol. The van der Waals surface area contributed by atoms with Gasteiger partial charge in [-0.15, -0.1) is 0 Å². The highest BCUT2D eigenvalue weighted by atomic mass is 16.7. The lowest BCUT2D eigenvalue weighted by Crippen LogP contribution is -2.38. The molecule has 0 bridgehead atoms. The Bertz CT molecular complexity index is 814. The summed E-state index contributed by atoms with van der Waals surface area (Å²) in [7, 11) is 1.71. The van der Waals surface area contributed by atoms with E-state index in [1.54, 1.807) is 13.4 Å². The Morgan fingerprint density at radius 2 is 1.96 bits per heavy atom. The lowest BCUT2D eigenvalue weighted by molar-refractivity contribution is -0.186. The van der Waals surface area contributed by atoms with Crippen molar-refractivity contribution in [2.24, 2.45) is 7.05 Å². The molecule has 2 aromatic rings. The van der Waals surface area contributed by atoms with E-state index in [1.165, 1.54) is 4.57 Å². The highest BCUT2D eigenvalue weighted by Crippen LogP contribution is 2.37. The number of hydrogen-bond donors (Lipinski definition) is 0. The smallest absolute Gasteiger partial charge is 0.261 e. The van der Waals surface area contributed by atoms with Crippen LogP contribution in [0.4, 0.5) is 0 Å². The normalized spacial score (nSPS) is 20.8. The molecule has 0 unspecified atom stereocenters. The van der Waals surface area contributed by atoms with Gasteiger partial charge in [-0.05, 0) is 37.5 Å². The molecule has 0 radical (unpaired) electrons. The number of fused-ring (bicyclic) bond motifs is 1. The number of aryl methyl sites for hydroxylation is 2. The number of benzene rings is 1. The molecule has 1 spiro atoms. The second-order valence-electron chi connectivity index (χ2n) is 6.72. The minimum atomic E-state index is -0.377. The Morgan fingerprint density at radius 3 is 2.67 bits per heavy atom. The van der Waals surface area contributed by atoms with Crippen LogP contribution in [0.1, 0.15) is 31.2 Å². The summed E-state index contributed by atoms with van der Waals surface area (Å²) in [5.74, 6) is 0.389. The van der Waals surface area contributed by atoms with Crippen molar-refractivity contribution >= 4 is 10.9 Å². The van der Waals surface area contributed by atoms with Gasteiger partial charge in [-0.25, -0.2) is 4.98 Å². The Labute approximate surface area is 140 Å². The molecule has 0 amide bonds. The summed E-state index contributed by atoms with van der Waals surface area (Å²) in [5.41, 5.74) is 1.65. The van der Waals surface area contributed by atoms with Crippen molar-refractivity contribution < 1.29 is 14.2 Å². The molecule has 6 nitrogen and oxygen atoms in total. The van der Waals surface area contributed by atoms with Crippen LogP contribution in [-0.4, -0.2) is 34.7 Å². The minimum Gasteiger partial charge on any atom is -0.490 e. The van der Waals surface area contributed by atoms with Crippen LogP contribution < -0.4 is 10.3 Å². The average Bonchev–Trinajstić information content (AvgIpc) is 3.03. The van der Waals surface area contributed by atoms with E-state index in [1.807, 2.05) is 19.1 Å². The Hall–Kier alpha value is -1.92. The highest BCUT2D eigenvalue weighted by molar-refractivity contribution is 5.80. The summed E-state index contributed by atoms with van der Waals surface area (Å²) in [6.07, 6.45) is 5.17. The van der Waals surface area contributed by atoms with E-state index in [0.29, 0.717) is 24.1 Å². The topological polar surface area (TPSA) is 62.6 Å². The molecule has 2 heterocycles. The van der Waals surface area contributed by atoms with Gasteiger partial charge in [0.15, 0.2) is 5.79 Å². The van der Waals surface area contributed by atoms with Gasteiger partial charge >= 0.3 is 0 Å². The quantitative estimate of drug-likeness (QED) is 0.845. The molecule has 1 aromatic carbocycles. The van der Waals surface area contributed by atoms with E-state index < -0.39 is 0 Å². The maximum Gasteiger partial charge on any atom is 0.261 e. The number of rotatable bonds is 2. The second-order valence-corrected chi connectivity index (χ2v) is 6.72. The first-order valence-electron chi connectivity index (χ1n) is 8.47. The van der Waals surface area contributed by atoms with Gasteiger partial charge in [-0.2, -0.15) is 0 Å². The van der Waals surface area contributed by atoms with E-state index in [0.717, 1.165) is 37.0 Å². The van der Waals surface area contributed by atoms with Crippen LogP contribution in [0.2, 0.25) is 0 Å². The van der Waals surface area contributed by atoms with Gasteiger partial charge in [-0.3, -0.25) is 4.79 Å². The summed E-state index contributed by atoms with van der Waals surface area (Å²) in [4.78, 5) is 16.6. The number of ether oxygens (including phenoxy) is 3. The van der Waals surface area contributed by atoms with Crippen molar-refractivity contribution in [1.82, 2.24) is 9.55 Å². The molecular formula is C18H22N2O4. The van der Waals surface area contributed by atoms with Crippen LogP contribution in [0.5, 0.6) is 5.75 Å². The summed E-state index contributed by atoms with van der Waals surface area (Å²) < 4.78 is 19.2. The molecule has 0 atom stereocenters. The third-order valence-corrected chi connectivity index (χ3v) is 5.02. The molecule has 1 saturated heterocycles. The zero-order valence-corrected chi connectivity index (χ0v) is 14.1. The van der Waals surface area contributed by atoms with Crippen molar-refractivity contribution in [3.8, 4) is 5.75 Å². The zero-order chi connectivity index (χ0) is 16.7. The molecular weight excluding hydrogens is 308 g/mol. The SMILES string of the molecule is Cc1cc2ncn(C)c(=O)c2cc1OC1CCC2(CC1)OCCO2. The van der Waals surface area contributed by atoms with Crippen LogP contribution >= 0.6 is 0 Å². The highest BCUT2D eigenvalue weighted by Gasteiger charge is 2.40. The molecule has 4 rings (SSSR count). The summed E-state index contributed by atoms with van der Waals surface area (Å²) >= 11 is 0. The molecule has 128 valence electrons. The van der Waals surface area contributed by atoms with Gasteiger partial charge in [0.25, 0.3) is 5.56 Å². The molecule has 0 N–H and O–H groups in total. The fourth-order valence-electron chi connectivity index (χ4n) is 3.58. The fraction of sp³-hybridized carbons (Fsp3) is 0.556. The fourth-order valence-corrected chi connectivity index (χ4v) is 3.58. The van der Waals surface area contributed by atoms with E-state index in [4.69, 9.17) is 14.2 Å². The minimum absolute atomic E-state index is 0.0554. The van der Waals surface area contributed by atoms with Crippen LogP contribution in [0.3, 0.4) is 0 Å². The van der Waals surface area contributed by atoms with Gasteiger partial charge in [0.1, 0.15) is 5.75 Å². The van der Waals surface area contributed by atoms with Gasteiger partial charge in [-0.1, -0.05) is 0 Å². The van der Waals surface area contributed by atoms with Gasteiger partial charge in [0.2, 0.25) is 0 Å². The molecule has 2 fully saturated rings. The number of hydrogen-bond acceptors (Lipinski definition) is 5. The van der Waals surface area contributed by atoms with Gasteiger partial charge < -0.3 is 18.8 Å². The van der Waals surface area contributed by atoms with Crippen LogP contribution in [0.15, 0.2) is 23.3 Å². The number of aromatic nitrogens is 2. The second kappa shape index (κ2) is 5.86. The van der Waals surface area contributed by atoms with Crippen molar-refractivity contribution in [1.29, 1.82) is 0 Å². The maximum atomic E-state index is 12.3. The van der Waals surface area contributed by atoms with Crippen molar-refractivity contribution in [2.75, 3.05) is 13.2 Å². The first kappa shape index (κ1) is 15.6. The van der Waals surface area contributed by atoms with Crippen LogP contribution in [0.25, 0.3) is 10.9 Å². The molecule has 1 aliphatic heterocycles. The molecule has 2 aliphatic rings. The van der Waals surface area contributed by atoms with E-state index in [-0.39, 0.29) is 17.5 Å². The molecule has 24 heavy (non-hydrogen) atoms. The van der Waals surface area contributed by atoms with Gasteiger partial charge in [0, 0.05) is 19.9 Å². The third kappa shape index (κ3) is 2.70. The Balaban J connectivity index is 1.55. The summed E-state index contributed by atoms with van der Waals surface area (Å²) in [6, 6.07) is 3.74. The number of nitrogens with zero attached hydrogens (tertiary/aromatic N) is 2. The van der Waals surface area contributed by atoms with Gasteiger partial charge in [0.05, 0.1) is 36.5 Å². The van der Waals surface area contributed by atoms with E-state index >= 15 is 0 Å². The van der Waals surface area contributed by atoms with E-state index in [2.05, 4.69) is 4.98 Å². The molecule has 1 aromatic heterocycles. The largest absolute Gasteiger partial charge is 0.490 e. The van der Waals surface area contributed by atoms with Crippen molar-refractivity contribution in [2.45, 2.75) is 44.5 Å². The lowest BCUT2D eigenvalue weighted by Gasteiger charge is -2.35. The van der Waals surface area contributed by atoms with Crippen LogP contribution in [-0.2, 0) is 16.5 Å². The molecule has 1 saturated carbocycles. The lowest BCUT2D eigenvalue weighted by atomic mass is 9.91. The van der Waals surface area contributed by atoms with Crippen molar-refractivity contribution in [3.63, 3.8) is 0 Å². The van der Waals surface area contributed by atoms with Crippen molar-refractivity contribution in [3.05, 3.63) is 34.4 Å².